The zero-order valence-electron chi connectivity index (χ0n) is 16.4. The Morgan fingerprint density at radius 1 is 1.10 bits per heavy atom. The summed E-state index contributed by atoms with van der Waals surface area (Å²) in [5.41, 5.74) is 4.93. The maximum Gasteiger partial charge on any atom is 0.254 e. The number of aromatic nitrogens is 1. The predicted octanol–water partition coefficient (Wildman–Crippen LogP) is 2.91. The number of carbonyl (C=O) groups is 1. The van der Waals surface area contributed by atoms with Crippen molar-refractivity contribution >= 4 is 16.8 Å². The number of hydrogen-bond donors (Lipinski definition) is 2. The Morgan fingerprint density at radius 3 is 2.83 bits per heavy atom. The van der Waals surface area contributed by atoms with E-state index in [4.69, 9.17) is 0 Å². The molecular weight excluding hydrogens is 367 g/mol. The Balaban J connectivity index is 1.28. The molecule has 2 aliphatic heterocycles. The van der Waals surface area contributed by atoms with Crippen LogP contribution in [0.3, 0.4) is 0 Å². The van der Waals surface area contributed by atoms with Crippen molar-refractivity contribution in [2.75, 3.05) is 32.7 Å². The van der Waals surface area contributed by atoms with Crippen molar-refractivity contribution in [2.24, 2.45) is 0 Å². The van der Waals surface area contributed by atoms with Crippen LogP contribution in [0.2, 0.25) is 0 Å². The third-order valence-corrected chi connectivity index (χ3v) is 6.13. The van der Waals surface area contributed by atoms with Gasteiger partial charge in [-0.3, -0.25) is 9.69 Å². The van der Waals surface area contributed by atoms with Crippen LogP contribution in [0.25, 0.3) is 10.9 Å². The van der Waals surface area contributed by atoms with Crippen molar-refractivity contribution in [1.82, 2.24) is 20.1 Å². The first kappa shape index (κ1) is 18.3. The van der Waals surface area contributed by atoms with E-state index in [0.29, 0.717) is 25.2 Å². The summed E-state index contributed by atoms with van der Waals surface area (Å²) in [7, 11) is 0. The molecule has 6 heteroatoms. The number of fused-ring (bicyclic) bond motifs is 2. The molecule has 1 amide bonds. The molecule has 2 aliphatic rings. The molecule has 5 rings (SSSR count). The SMILES string of the molecule is O=C(c1cc(F)cc2c1CCNC2)N1CCN(Cc2cccc3cc[nH]c23)CC1. The number of nitrogens with one attached hydrogen (secondary N) is 2. The fraction of sp³-hybridized carbons (Fsp3) is 0.348. The lowest BCUT2D eigenvalue weighted by Gasteiger charge is -2.35. The minimum absolute atomic E-state index is 0.0335. The number of para-hydroxylation sites is 1. The molecule has 1 saturated heterocycles. The van der Waals surface area contributed by atoms with Gasteiger partial charge in [-0.05, 0) is 53.2 Å². The van der Waals surface area contributed by atoms with Gasteiger partial charge in [-0.1, -0.05) is 18.2 Å². The van der Waals surface area contributed by atoms with E-state index >= 15 is 0 Å². The molecule has 3 heterocycles. The number of H-pyrrole nitrogens is 1. The van der Waals surface area contributed by atoms with Crippen LogP contribution in [-0.4, -0.2) is 53.4 Å². The monoisotopic (exact) mass is 392 g/mol. The molecule has 0 aliphatic carbocycles. The van der Waals surface area contributed by atoms with E-state index in [1.54, 1.807) is 6.07 Å². The summed E-state index contributed by atoms with van der Waals surface area (Å²) in [5.74, 6) is -0.359. The van der Waals surface area contributed by atoms with E-state index in [0.717, 1.165) is 43.7 Å². The highest BCUT2D eigenvalue weighted by Gasteiger charge is 2.26. The minimum atomic E-state index is -0.325. The Bertz CT molecular complexity index is 1050. The second-order valence-electron chi connectivity index (χ2n) is 7.95. The molecule has 0 radical (unpaired) electrons. The summed E-state index contributed by atoms with van der Waals surface area (Å²) >= 11 is 0. The normalized spacial score (nSPS) is 17.5. The summed E-state index contributed by atoms with van der Waals surface area (Å²) < 4.78 is 14.1. The van der Waals surface area contributed by atoms with Gasteiger partial charge in [-0.25, -0.2) is 4.39 Å². The summed E-state index contributed by atoms with van der Waals surface area (Å²) in [5, 5.41) is 4.48. The van der Waals surface area contributed by atoms with Gasteiger partial charge >= 0.3 is 0 Å². The Hall–Kier alpha value is -2.70. The standard InChI is InChI=1S/C23H25FN4O/c24-19-12-18-14-25-6-5-20(18)21(13-19)23(29)28-10-8-27(9-11-28)15-17-3-1-2-16-4-7-26-22(16)17/h1-4,7,12-13,25-26H,5-6,8-11,14-15H2. The highest BCUT2D eigenvalue weighted by molar-refractivity contribution is 5.96. The van der Waals surface area contributed by atoms with Crippen LogP contribution in [0.4, 0.5) is 4.39 Å². The summed E-state index contributed by atoms with van der Waals surface area (Å²) in [4.78, 5) is 20.7. The first-order chi connectivity index (χ1) is 14.2. The number of carbonyl (C=O) groups excluding carboxylic acids is 1. The topological polar surface area (TPSA) is 51.4 Å². The van der Waals surface area contributed by atoms with Crippen LogP contribution in [0, 0.1) is 5.82 Å². The van der Waals surface area contributed by atoms with E-state index in [1.807, 2.05) is 11.1 Å². The Morgan fingerprint density at radius 2 is 1.97 bits per heavy atom. The predicted molar refractivity (Wildman–Crippen MR) is 111 cm³/mol. The molecule has 29 heavy (non-hydrogen) atoms. The van der Waals surface area contributed by atoms with Gasteiger partial charge in [0.2, 0.25) is 0 Å². The highest BCUT2D eigenvalue weighted by atomic mass is 19.1. The molecule has 5 nitrogen and oxygen atoms in total. The van der Waals surface area contributed by atoms with Crippen LogP contribution >= 0.6 is 0 Å². The average Bonchev–Trinajstić information content (AvgIpc) is 3.23. The fourth-order valence-electron chi connectivity index (χ4n) is 4.58. The molecule has 150 valence electrons. The number of piperazine rings is 1. The van der Waals surface area contributed by atoms with Crippen LogP contribution in [0.5, 0.6) is 0 Å². The van der Waals surface area contributed by atoms with Crippen molar-refractivity contribution < 1.29 is 9.18 Å². The van der Waals surface area contributed by atoms with Gasteiger partial charge in [-0.2, -0.15) is 0 Å². The van der Waals surface area contributed by atoms with Gasteiger partial charge in [0.15, 0.2) is 0 Å². The molecule has 0 spiro atoms. The number of nitrogens with zero attached hydrogens (tertiary/aromatic N) is 2. The fourth-order valence-corrected chi connectivity index (χ4v) is 4.58. The van der Waals surface area contributed by atoms with Crippen molar-refractivity contribution in [1.29, 1.82) is 0 Å². The Labute approximate surface area is 169 Å². The van der Waals surface area contributed by atoms with Gasteiger partial charge in [0.1, 0.15) is 5.82 Å². The van der Waals surface area contributed by atoms with Crippen molar-refractivity contribution in [3.8, 4) is 0 Å². The van der Waals surface area contributed by atoms with E-state index in [-0.39, 0.29) is 11.7 Å². The maximum atomic E-state index is 14.1. The zero-order valence-corrected chi connectivity index (χ0v) is 16.4. The van der Waals surface area contributed by atoms with Crippen molar-refractivity contribution in [3.05, 3.63) is 70.7 Å². The molecule has 2 N–H and O–H groups in total. The van der Waals surface area contributed by atoms with Gasteiger partial charge in [0.05, 0.1) is 0 Å². The van der Waals surface area contributed by atoms with Crippen LogP contribution in [-0.2, 0) is 19.5 Å². The molecule has 0 saturated carbocycles. The molecule has 0 atom stereocenters. The van der Waals surface area contributed by atoms with E-state index in [2.05, 4.69) is 39.5 Å². The summed E-state index contributed by atoms with van der Waals surface area (Å²) in [6.45, 7) is 5.30. The number of amides is 1. The number of hydrogen-bond acceptors (Lipinski definition) is 3. The number of benzene rings is 2. The zero-order chi connectivity index (χ0) is 19.8. The van der Waals surface area contributed by atoms with Gasteiger partial charge in [0, 0.05) is 56.5 Å². The third-order valence-electron chi connectivity index (χ3n) is 6.13. The van der Waals surface area contributed by atoms with Crippen LogP contribution in [0.1, 0.15) is 27.0 Å². The van der Waals surface area contributed by atoms with Gasteiger partial charge < -0.3 is 15.2 Å². The molecule has 3 aromatic rings. The van der Waals surface area contributed by atoms with E-state index in [9.17, 15) is 9.18 Å². The lowest BCUT2D eigenvalue weighted by Crippen LogP contribution is -2.48. The minimum Gasteiger partial charge on any atom is -0.361 e. The number of halogens is 1. The molecule has 0 unspecified atom stereocenters. The van der Waals surface area contributed by atoms with Crippen LogP contribution in [0.15, 0.2) is 42.6 Å². The molecular formula is C23H25FN4O. The second-order valence-corrected chi connectivity index (χ2v) is 7.95. The number of aromatic amines is 1. The summed E-state index contributed by atoms with van der Waals surface area (Å²) in [6, 6.07) is 11.4. The third kappa shape index (κ3) is 3.54. The van der Waals surface area contributed by atoms with Gasteiger partial charge in [0.25, 0.3) is 5.91 Å². The van der Waals surface area contributed by atoms with Crippen molar-refractivity contribution in [2.45, 2.75) is 19.5 Å². The average molecular weight is 392 g/mol. The number of rotatable bonds is 3. The lowest BCUT2D eigenvalue weighted by atomic mass is 9.94. The van der Waals surface area contributed by atoms with E-state index in [1.165, 1.54) is 22.5 Å². The van der Waals surface area contributed by atoms with E-state index < -0.39 is 0 Å². The largest absolute Gasteiger partial charge is 0.361 e. The van der Waals surface area contributed by atoms with Gasteiger partial charge in [-0.15, -0.1) is 0 Å². The van der Waals surface area contributed by atoms with Crippen LogP contribution < -0.4 is 5.32 Å². The lowest BCUT2D eigenvalue weighted by molar-refractivity contribution is 0.0627. The maximum absolute atomic E-state index is 14.1. The van der Waals surface area contributed by atoms with Crippen molar-refractivity contribution in [3.63, 3.8) is 0 Å². The molecule has 2 aromatic carbocycles. The summed E-state index contributed by atoms with van der Waals surface area (Å²) in [6.07, 6.45) is 2.75. The first-order valence-corrected chi connectivity index (χ1v) is 10.3. The highest BCUT2D eigenvalue weighted by Crippen LogP contribution is 2.24. The smallest absolute Gasteiger partial charge is 0.254 e. The Kier molecular flexibility index (Phi) is 4.81. The quantitative estimate of drug-likeness (QED) is 0.721. The molecule has 0 bridgehead atoms. The molecule has 1 aromatic heterocycles. The molecule has 1 fully saturated rings. The second kappa shape index (κ2) is 7.61. The first-order valence-electron chi connectivity index (χ1n) is 10.3.